The lowest BCUT2D eigenvalue weighted by Gasteiger charge is -2.28. The Hall–Kier alpha value is -1.17. The highest BCUT2D eigenvalue weighted by molar-refractivity contribution is 5.55. The third kappa shape index (κ3) is 4.45. The Bertz CT molecular complexity index is 378. The molecule has 0 radical (unpaired) electrons. The van der Waals surface area contributed by atoms with Crippen LogP contribution in [0.4, 0.5) is 10.1 Å². The minimum Gasteiger partial charge on any atom is -0.383 e. The number of ether oxygens (including phenoxy) is 2. The molecule has 2 N–H and O–H groups in total. The van der Waals surface area contributed by atoms with Crippen molar-refractivity contribution in [3.05, 3.63) is 29.6 Å². The van der Waals surface area contributed by atoms with E-state index in [1.54, 1.807) is 27.2 Å². The summed E-state index contributed by atoms with van der Waals surface area (Å²) in [7, 11) is 3.29. The van der Waals surface area contributed by atoms with Gasteiger partial charge in [0.05, 0.1) is 13.2 Å². The van der Waals surface area contributed by atoms with Crippen molar-refractivity contribution in [3.8, 4) is 0 Å². The highest BCUT2D eigenvalue weighted by Crippen LogP contribution is 2.27. The van der Waals surface area contributed by atoms with Gasteiger partial charge in [0.25, 0.3) is 0 Å². The Morgan fingerprint density at radius 1 is 1.21 bits per heavy atom. The van der Waals surface area contributed by atoms with E-state index in [0.29, 0.717) is 31.9 Å². The molecule has 0 saturated carbocycles. The second kappa shape index (κ2) is 8.09. The molecule has 0 aliphatic carbocycles. The van der Waals surface area contributed by atoms with Crippen LogP contribution < -0.4 is 10.6 Å². The van der Waals surface area contributed by atoms with Gasteiger partial charge >= 0.3 is 0 Å². The molecule has 1 atom stereocenters. The number of anilines is 1. The quantitative estimate of drug-likeness (QED) is 0.784. The van der Waals surface area contributed by atoms with Crippen LogP contribution in [-0.2, 0) is 9.47 Å². The average molecular weight is 270 g/mol. The van der Waals surface area contributed by atoms with Gasteiger partial charge in [-0.05, 0) is 19.1 Å². The van der Waals surface area contributed by atoms with E-state index < -0.39 is 0 Å². The normalized spacial score (nSPS) is 12.5. The van der Waals surface area contributed by atoms with E-state index in [1.165, 1.54) is 6.07 Å². The summed E-state index contributed by atoms with van der Waals surface area (Å²) in [6.07, 6.45) is 0. The number of hydrogen-bond donors (Lipinski definition) is 1. The van der Waals surface area contributed by atoms with Gasteiger partial charge in [-0.25, -0.2) is 4.39 Å². The van der Waals surface area contributed by atoms with Gasteiger partial charge in [0, 0.05) is 44.6 Å². The van der Waals surface area contributed by atoms with Gasteiger partial charge in [-0.1, -0.05) is 6.07 Å². The maximum atomic E-state index is 13.9. The Balaban J connectivity index is 3.02. The van der Waals surface area contributed by atoms with Crippen molar-refractivity contribution >= 4 is 5.69 Å². The van der Waals surface area contributed by atoms with Crippen LogP contribution in [0, 0.1) is 5.82 Å². The highest BCUT2D eigenvalue weighted by Gasteiger charge is 2.17. The van der Waals surface area contributed by atoms with Crippen LogP contribution in [0.15, 0.2) is 18.2 Å². The van der Waals surface area contributed by atoms with Gasteiger partial charge < -0.3 is 20.1 Å². The predicted molar refractivity (Wildman–Crippen MR) is 75.0 cm³/mol. The summed E-state index contributed by atoms with van der Waals surface area (Å²) in [6.45, 7) is 4.26. The molecule has 5 heteroatoms. The van der Waals surface area contributed by atoms with Gasteiger partial charge in [0.2, 0.25) is 0 Å². The molecule has 0 fully saturated rings. The fraction of sp³-hybridized carbons (Fsp3) is 0.571. The van der Waals surface area contributed by atoms with Crippen LogP contribution in [0.5, 0.6) is 0 Å². The second-order valence-electron chi connectivity index (χ2n) is 4.43. The minimum atomic E-state index is -0.358. The lowest BCUT2D eigenvalue weighted by Crippen LogP contribution is -2.32. The fourth-order valence-electron chi connectivity index (χ4n) is 2.01. The topological polar surface area (TPSA) is 47.7 Å². The molecule has 0 bridgehead atoms. The van der Waals surface area contributed by atoms with E-state index in [-0.39, 0.29) is 11.9 Å². The number of rotatable bonds is 8. The smallest absolute Gasteiger partial charge is 0.130 e. The van der Waals surface area contributed by atoms with E-state index in [1.807, 2.05) is 11.0 Å². The highest BCUT2D eigenvalue weighted by atomic mass is 19.1. The minimum absolute atomic E-state index is 0.271. The number of nitrogens with two attached hydrogens (primary N) is 1. The molecule has 0 aliphatic heterocycles. The first-order valence-electron chi connectivity index (χ1n) is 6.38. The lowest BCUT2D eigenvalue weighted by molar-refractivity contribution is 0.190. The Morgan fingerprint density at radius 2 is 1.79 bits per heavy atom. The average Bonchev–Trinajstić information content (AvgIpc) is 2.38. The van der Waals surface area contributed by atoms with Gasteiger partial charge in [-0.3, -0.25) is 0 Å². The molecule has 0 spiro atoms. The van der Waals surface area contributed by atoms with Crippen molar-refractivity contribution < 1.29 is 13.9 Å². The maximum Gasteiger partial charge on any atom is 0.130 e. The van der Waals surface area contributed by atoms with Crippen LogP contribution in [0.2, 0.25) is 0 Å². The van der Waals surface area contributed by atoms with Crippen molar-refractivity contribution in [3.63, 3.8) is 0 Å². The second-order valence-corrected chi connectivity index (χ2v) is 4.43. The summed E-state index contributed by atoms with van der Waals surface area (Å²) in [5.74, 6) is -0.271. The number of hydrogen-bond acceptors (Lipinski definition) is 4. The third-order valence-corrected chi connectivity index (χ3v) is 2.96. The van der Waals surface area contributed by atoms with Crippen molar-refractivity contribution in [2.45, 2.75) is 13.0 Å². The van der Waals surface area contributed by atoms with E-state index in [9.17, 15) is 4.39 Å². The van der Waals surface area contributed by atoms with Gasteiger partial charge in [0.15, 0.2) is 0 Å². The largest absolute Gasteiger partial charge is 0.383 e. The van der Waals surface area contributed by atoms with E-state index >= 15 is 0 Å². The molecule has 1 aromatic carbocycles. The van der Waals surface area contributed by atoms with Crippen LogP contribution in [-0.4, -0.2) is 40.5 Å². The van der Waals surface area contributed by atoms with Crippen molar-refractivity contribution in [1.82, 2.24) is 0 Å². The predicted octanol–water partition coefficient (Wildman–Crippen LogP) is 1.94. The molecule has 0 aromatic heterocycles. The Morgan fingerprint density at radius 3 is 2.26 bits per heavy atom. The van der Waals surface area contributed by atoms with Gasteiger partial charge in [-0.15, -0.1) is 0 Å². The molecule has 0 unspecified atom stereocenters. The summed E-state index contributed by atoms with van der Waals surface area (Å²) >= 11 is 0. The summed E-state index contributed by atoms with van der Waals surface area (Å²) < 4.78 is 24.1. The SMILES string of the molecule is COCCN(CCOC)c1cccc(F)c1[C@H](C)N. The number of benzene rings is 1. The fourth-order valence-corrected chi connectivity index (χ4v) is 2.01. The molecule has 1 rings (SSSR count). The van der Waals surface area contributed by atoms with E-state index in [2.05, 4.69) is 0 Å². The third-order valence-electron chi connectivity index (χ3n) is 2.96. The number of nitrogens with zero attached hydrogens (tertiary/aromatic N) is 1. The zero-order chi connectivity index (χ0) is 14.3. The summed E-state index contributed by atoms with van der Waals surface area (Å²) in [6, 6.07) is 4.66. The molecule has 0 aliphatic rings. The Kier molecular flexibility index (Phi) is 6.77. The lowest BCUT2D eigenvalue weighted by atomic mass is 10.0. The molecule has 1 aromatic rings. The van der Waals surface area contributed by atoms with E-state index in [4.69, 9.17) is 15.2 Å². The molecular formula is C14H23FN2O2. The van der Waals surface area contributed by atoms with Crippen LogP contribution in [0.3, 0.4) is 0 Å². The molecule has 0 amide bonds. The molecule has 4 nitrogen and oxygen atoms in total. The van der Waals surface area contributed by atoms with Crippen LogP contribution in [0.25, 0.3) is 0 Å². The van der Waals surface area contributed by atoms with Crippen molar-refractivity contribution in [2.24, 2.45) is 5.73 Å². The van der Waals surface area contributed by atoms with Crippen molar-refractivity contribution in [2.75, 3.05) is 45.4 Å². The Labute approximate surface area is 114 Å². The van der Waals surface area contributed by atoms with Gasteiger partial charge in [-0.2, -0.15) is 0 Å². The van der Waals surface area contributed by atoms with Gasteiger partial charge in [0.1, 0.15) is 5.82 Å². The zero-order valence-corrected chi connectivity index (χ0v) is 11.9. The van der Waals surface area contributed by atoms with E-state index in [0.717, 1.165) is 5.69 Å². The van der Waals surface area contributed by atoms with Crippen LogP contribution >= 0.6 is 0 Å². The summed E-state index contributed by atoms with van der Waals surface area (Å²) in [5, 5.41) is 0. The first kappa shape index (κ1) is 15.9. The first-order valence-corrected chi connectivity index (χ1v) is 6.38. The summed E-state index contributed by atoms with van der Waals surface area (Å²) in [5.41, 5.74) is 7.23. The van der Waals surface area contributed by atoms with Crippen LogP contribution in [0.1, 0.15) is 18.5 Å². The first-order chi connectivity index (χ1) is 9.11. The molecule has 0 heterocycles. The van der Waals surface area contributed by atoms with Crippen molar-refractivity contribution in [1.29, 1.82) is 0 Å². The summed E-state index contributed by atoms with van der Waals surface area (Å²) in [4.78, 5) is 2.04. The monoisotopic (exact) mass is 270 g/mol. The molecular weight excluding hydrogens is 247 g/mol. The zero-order valence-electron chi connectivity index (χ0n) is 11.9. The standard InChI is InChI=1S/C14H23FN2O2/c1-11(16)14-12(15)5-4-6-13(14)17(7-9-18-2)8-10-19-3/h4-6,11H,7-10,16H2,1-3H3/t11-/m0/s1. The molecule has 108 valence electrons. The maximum absolute atomic E-state index is 13.9. The molecule has 19 heavy (non-hydrogen) atoms. The number of methoxy groups -OCH3 is 2. The number of halogens is 1. The molecule has 0 saturated heterocycles.